The molecule has 0 saturated carbocycles. The van der Waals surface area contributed by atoms with Crippen molar-refractivity contribution in [2.24, 2.45) is 0 Å². The van der Waals surface area contributed by atoms with Crippen molar-refractivity contribution in [2.75, 3.05) is 13.2 Å². The highest BCUT2D eigenvalue weighted by Gasteiger charge is 2.46. The van der Waals surface area contributed by atoms with Crippen molar-refractivity contribution < 1.29 is 50.0 Å². The summed E-state index contributed by atoms with van der Waals surface area (Å²) >= 11 is 0. The summed E-state index contributed by atoms with van der Waals surface area (Å²) in [4.78, 5) is 0. The molecule has 2 rings (SSSR count). The summed E-state index contributed by atoms with van der Waals surface area (Å²) in [6.45, 7) is -0.942. The second-order valence-corrected chi connectivity index (χ2v) is 5.08. The average molecular weight is 312 g/mol. The van der Waals surface area contributed by atoms with Gasteiger partial charge in [0.2, 0.25) is 0 Å². The minimum absolute atomic E-state index is 0.349. The Morgan fingerprint density at radius 1 is 0.714 bits per heavy atom. The Kier molecular flexibility index (Phi) is 5.48. The van der Waals surface area contributed by atoms with Crippen molar-refractivity contribution in [3.8, 4) is 0 Å². The largest absolute Gasteiger partial charge is 0.394 e. The molecule has 0 radical (unpaired) electrons. The van der Waals surface area contributed by atoms with E-state index in [0.717, 1.165) is 0 Å². The highest BCUT2D eigenvalue weighted by Crippen LogP contribution is 2.24. The van der Waals surface area contributed by atoms with Crippen LogP contribution in [0.2, 0.25) is 0 Å². The number of rotatable bonds is 4. The minimum atomic E-state index is -1.58. The SMILES string of the molecule is OC[C@H]1OC(OC[C@H]2OC(O)[C@@H](O)[C@@H]2O)[C@H](O)[C@@H](O)[C@H]1O. The second kappa shape index (κ2) is 6.79. The first-order valence-corrected chi connectivity index (χ1v) is 6.48. The van der Waals surface area contributed by atoms with Crippen LogP contribution in [0.4, 0.5) is 0 Å². The van der Waals surface area contributed by atoms with Gasteiger partial charge in [-0.1, -0.05) is 0 Å². The Bertz CT molecular complexity index is 339. The number of aliphatic hydroxyl groups excluding tert-OH is 7. The van der Waals surface area contributed by atoms with E-state index < -0.39 is 61.9 Å². The number of aliphatic hydroxyl groups is 7. The monoisotopic (exact) mass is 312 g/mol. The van der Waals surface area contributed by atoms with Gasteiger partial charge in [-0.05, 0) is 0 Å². The Hall–Kier alpha value is -0.400. The zero-order valence-corrected chi connectivity index (χ0v) is 11.0. The van der Waals surface area contributed by atoms with Gasteiger partial charge >= 0.3 is 0 Å². The molecule has 0 aromatic carbocycles. The van der Waals surface area contributed by atoms with Crippen molar-refractivity contribution in [1.29, 1.82) is 0 Å². The molecule has 10 nitrogen and oxygen atoms in total. The molecule has 2 heterocycles. The zero-order valence-electron chi connectivity index (χ0n) is 11.0. The second-order valence-electron chi connectivity index (χ2n) is 5.08. The third-order valence-corrected chi connectivity index (χ3v) is 3.61. The lowest BCUT2D eigenvalue weighted by molar-refractivity contribution is -0.306. The van der Waals surface area contributed by atoms with Crippen molar-refractivity contribution >= 4 is 0 Å². The summed E-state index contributed by atoms with van der Waals surface area (Å²) in [5.74, 6) is 0. The van der Waals surface area contributed by atoms with E-state index in [1.54, 1.807) is 0 Å². The van der Waals surface area contributed by atoms with E-state index in [1.807, 2.05) is 0 Å². The van der Waals surface area contributed by atoms with Gasteiger partial charge in [0.1, 0.15) is 42.7 Å². The molecule has 0 bridgehead atoms. The fourth-order valence-electron chi connectivity index (χ4n) is 2.26. The van der Waals surface area contributed by atoms with Gasteiger partial charge < -0.3 is 50.0 Å². The van der Waals surface area contributed by atoms with Crippen molar-refractivity contribution in [2.45, 2.75) is 55.3 Å². The average Bonchev–Trinajstić information content (AvgIpc) is 2.71. The van der Waals surface area contributed by atoms with Crippen molar-refractivity contribution in [1.82, 2.24) is 0 Å². The standard InChI is InChI=1S/C11H20O10/c12-1-3-5(13)7(15)9(17)11(21-3)19-2-4-6(14)8(16)10(18)20-4/h3-18H,1-2H2/t3-,4-,5+,6-,7+,8+,9-,10?,11?/m1/s1. The molecule has 2 saturated heterocycles. The minimum Gasteiger partial charge on any atom is -0.394 e. The fraction of sp³-hybridized carbons (Fsp3) is 1.00. The fourth-order valence-corrected chi connectivity index (χ4v) is 2.26. The Morgan fingerprint density at radius 3 is 1.86 bits per heavy atom. The molecular formula is C11H20O10. The Balaban J connectivity index is 1.90. The molecule has 7 N–H and O–H groups in total. The van der Waals surface area contributed by atoms with Crippen LogP contribution in [0.15, 0.2) is 0 Å². The summed E-state index contributed by atoms with van der Waals surface area (Å²) in [6.07, 6.45) is -12.6. The summed E-state index contributed by atoms with van der Waals surface area (Å²) in [5, 5.41) is 66.0. The molecule has 2 fully saturated rings. The van der Waals surface area contributed by atoms with Crippen LogP contribution in [0.3, 0.4) is 0 Å². The first-order valence-electron chi connectivity index (χ1n) is 6.48. The molecule has 0 aromatic heterocycles. The zero-order chi connectivity index (χ0) is 15.7. The third kappa shape index (κ3) is 3.35. The summed E-state index contributed by atoms with van der Waals surface area (Å²) < 4.78 is 15.1. The van der Waals surface area contributed by atoms with Crippen molar-refractivity contribution in [3.05, 3.63) is 0 Å². The molecule has 2 aliphatic rings. The van der Waals surface area contributed by atoms with Crippen LogP contribution < -0.4 is 0 Å². The number of ether oxygens (including phenoxy) is 3. The maximum atomic E-state index is 9.72. The molecule has 21 heavy (non-hydrogen) atoms. The molecule has 2 aliphatic heterocycles. The Labute approximate surface area is 119 Å². The van der Waals surface area contributed by atoms with Gasteiger partial charge in [-0.15, -0.1) is 0 Å². The normalized spacial score (nSPS) is 51.3. The number of hydrogen-bond acceptors (Lipinski definition) is 10. The van der Waals surface area contributed by atoms with E-state index in [9.17, 15) is 30.6 Å². The van der Waals surface area contributed by atoms with E-state index in [4.69, 9.17) is 19.3 Å². The van der Waals surface area contributed by atoms with E-state index in [-0.39, 0.29) is 6.61 Å². The molecule has 0 aromatic rings. The van der Waals surface area contributed by atoms with Gasteiger partial charge in [-0.2, -0.15) is 0 Å². The predicted molar refractivity (Wildman–Crippen MR) is 62.6 cm³/mol. The van der Waals surface area contributed by atoms with E-state index >= 15 is 0 Å². The number of hydrogen-bond donors (Lipinski definition) is 7. The topological polar surface area (TPSA) is 169 Å². The molecule has 0 spiro atoms. The lowest BCUT2D eigenvalue weighted by Crippen LogP contribution is -2.59. The summed E-state index contributed by atoms with van der Waals surface area (Å²) in [7, 11) is 0. The first-order chi connectivity index (χ1) is 9.86. The molecular weight excluding hydrogens is 292 g/mol. The van der Waals surface area contributed by atoms with Gasteiger partial charge in [-0.3, -0.25) is 0 Å². The Morgan fingerprint density at radius 2 is 1.33 bits per heavy atom. The van der Waals surface area contributed by atoms with Crippen LogP contribution in [0, 0.1) is 0 Å². The van der Waals surface area contributed by atoms with E-state index in [2.05, 4.69) is 0 Å². The first kappa shape index (κ1) is 17.0. The molecule has 0 amide bonds. The van der Waals surface area contributed by atoms with Crippen LogP contribution in [-0.2, 0) is 14.2 Å². The predicted octanol–water partition coefficient (Wildman–Crippen LogP) is -4.76. The lowest BCUT2D eigenvalue weighted by atomic mass is 9.99. The van der Waals surface area contributed by atoms with E-state index in [1.165, 1.54) is 0 Å². The smallest absolute Gasteiger partial charge is 0.186 e. The van der Waals surface area contributed by atoms with Gasteiger partial charge in [0.15, 0.2) is 12.6 Å². The molecule has 0 aliphatic carbocycles. The highest BCUT2D eigenvalue weighted by molar-refractivity contribution is 4.90. The van der Waals surface area contributed by atoms with Gasteiger partial charge in [0.05, 0.1) is 13.2 Å². The van der Waals surface area contributed by atoms with Crippen LogP contribution >= 0.6 is 0 Å². The third-order valence-electron chi connectivity index (χ3n) is 3.61. The quantitative estimate of drug-likeness (QED) is 0.267. The van der Waals surface area contributed by atoms with Gasteiger partial charge in [0, 0.05) is 0 Å². The molecule has 2 unspecified atom stereocenters. The molecule has 124 valence electrons. The van der Waals surface area contributed by atoms with Crippen LogP contribution in [0.1, 0.15) is 0 Å². The molecule has 9 atom stereocenters. The van der Waals surface area contributed by atoms with Crippen molar-refractivity contribution in [3.63, 3.8) is 0 Å². The van der Waals surface area contributed by atoms with Crippen LogP contribution in [0.25, 0.3) is 0 Å². The maximum Gasteiger partial charge on any atom is 0.186 e. The van der Waals surface area contributed by atoms with Crippen LogP contribution in [0.5, 0.6) is 0 Å². The van der Waals surface area contributed by atoms with Gasteiger partial charge in [-0.25, -0.2) is 0 Å². The van der Waals surface area contributed by atoms with Gasteiger partial charge in [0.25, 0.3) is 0 Å². The highest BCUT2D eigenvalue weighted by atomic mass is 16.7. The molecule has 10 heteroatoms. The maximum absolute atomic E-state index is 9.72. The van der Waals surface area contributed by atoms with Crippen LogP contribution in [-0.4, -0.2) is 104 Å². The summed E-state index contributed by atoms with van der Waals surface area (Å²) in [5.41, 5.74) is 0. The summed E-state index contributed by atoms with van der Waals surface area (Å²) in [6, 6.07) is 0. The van der Waals surface area contributed by atoms with E-state index in [0.29, 0.717) is 0 Å². The lowest BCUT2D eigenvalue weighted by Gasteiger charge is -2.39.